The van der Waals surface area contributed by atoms with Gasteiger partial charge in [-0.2, -0.15) is 0 Å². The third kappa shape index (κ3) is 2.98. The number of carboxylic acids is 1. The maximum absolute atomic E-state index is 10.5. The van der Waals surface area contributed by atoms with Crippen molar-refractivity contribution in [3.63, 3.8) is 0 Å². The quantitative estimate of drug-likeness (QED) is 0.756. The minimum atomic E-state index is -0.675. The second kappa shape index (κ2) is 4.30. The minimum Gasteiger partial charge on any atom is -0.481 e. The van der Waals surface area contributed by atoms with Crippen LogP contribution in [0.5, 0.6) is 0 Å². The van der Waals surface area contributed by atoms with Crippen LogP contribution in [0.15, 0.2) is 0 Å². The lowest BCUT2D eigenvalue weighted by molar-refractivity contribution is -0.137. The molecule has 0 aromatic heterocycles. The van der Waals surface area contributed by atoms with Crippen molar-refractivity contribution in [3.05, 3.63) is 0 Å². The maximum atomic E-state index is 10.5. The second-order valence-corrected chi connectivity index (χ2v) is 5.09. The number of hydrogen-bond acceptors (Lipinski definition) is 2. The molecule has 3 nitrogen and oxygen atoms in total. The fourth-order valence-electron chi connectivity index (χ4n) is 2.31. The molecule has 1 aliphatic rings. The monoisotopic (exact) mass is 199 g/mol. The Morgan fingerprint density at radius 1 is 1.50 bits per heavy atom. The van der Waals surface area contributed by atoms with E-state index in [1.807, 2.05) is 0 Å². The molecule has 1 saturated heterocycles. The SMILES string of the molecule is CC(C)(C)N1CCCC1CCC(=O)O. The van der Waals surface area contributed by atoms with E-state index in [0.717, 1.165) is 19.4 Å². The van der Waals surface area contributed by atoms with Crippen LogP contribution in [0.25, 0.3) is 0 Å². The van der Waals surface area contributed by atoms with Crippen molar-refractivity contribution >= 4 is 5.97 Å². The van der Waals surface area contributed by atoms with Gasteiger partial charge in [0.25, 0.3) is 0 Å². The molecular weight excluding hydrogens is 178 g/mol. The van der Waals surface area contributed by atoms with Crippen molar-refractivity contribution in [2.24, 2.45) is 0 Å². The van der Waals surface area contributed by atoms with Gasteiger partial charge in [-0.25, -0.2) is 0 Å². The number of hydrogen-bond donors (Lipinski definition) is 1. The van der Waals surface area contributed by atoms with Crippen molar-refractivity contribution in [2.75, 3.05) is 6.54 Å². The molecule has 82 valence electrons. The molecule has 0 bridgehead atoms. The Balaban J connectivity index is 2.47. The van der Waals surface area contributed by atoms with Crippen LogP contribution in [-0.4, -0.2) is 34.1 Å². The highest BCUT2D eigenvalue weighted by molar-refractivity contribution is 5.66. The predicted molar refractivity (Wildman–Crippen MR) is 56.4 cm³/mol. The standard InChI is InChI=1S/C11H21NO2/c1-11(2,3)12-8-4-5-9(12)6-7-10(13)14/h9H,4-8H2,1-3H3,(H,13,14). The molecule has 0 radical (unpaired) electrons. The van der Waals surface area contributed by atoms with Crippen molar-refractivity contribution in [2.45, 2.75) is 58.0 Å². The zero-order valence-electron chi connectivity index (χ0n) is 9.42. The Morgan fingerprint density at radius 2 is 2.14 bits per heavy atom. The number of nitrogens with zero attached hydrogens (tertiary/aromatic N) is 1. The summed E-state index contributed by atoms with van der Waals surface area (Å²) in [5.74, 6) is -0.675. The molecule has 0 amide bonds. The number of carbonyl (C=O) groups is 1. The van der Waals surface area contributed by atoms with E-state index >= 15 is 0 Å². The van der Waals surface area contributed by atoms with Gasteiger partial charge in [-0.1, -0.05) is 0 Å². The molecule has 3 heteroatoms. The molecular formula is C11H21NO2. The maximum Gasteiger partial charge on any atom is 0.303 e. The van der Waals surface area contributed by atoms with Gasteiger partial charge in [0.2, 0.25) is 0 Å². The Hall–Kier alpha value is -0.570. The first-order valence-electron chi connectivity index (χ1n) is 5.40. The fourth-order valence-corrected chi connectivity index (χ4v) is 2.31. The van der Waals surface area contributed by atoms with E-state index in [1.165, 1.54) is 6.42 Å². The second-order valence-electron chi connectivity index (χ2n) is 5.09. The third-order valence-electron chi connectivity index (χ3n) is 2.93. The summed E-state index contributed by atoms with van der Waals surface area (Å²) < 4.78 is 0. The fraction of sp³-hybridized carbons (Fsp3) is 0.909. The van der Waals surface area contributed by atoms with Crippen LogP contribution in [0.4, 0.5) is 0 Å². The molecule has 0 aromatic rings. The third-order valence-corrected chi connectivity index (χ3v) is 2.93. The number of aliphatic carboxylic acids is 1. The average Bonchev–Trinajstić information content (AvgIpc) is 2.46. The van der Waals surface area contributed by atoms with Crippen LogP contribution in [0.1, 0.15) is 46.5 Å². The Labute approximate surface area is 86.1 Å². The Kier molecular flexibility index (Phi) is 3.53. The molecule has 1 unspecified atom stereocenters. The van der Waals surface area contributed by atoms with Gasteiger partial charge in [-0.3, -0.25) is 9.69 Å². The lowest BCUT2D eigenvalue weighted by atomic mass is 10.0. The summed E-state index contributed by atoms with van der Waals surface area (Å²) in [5.41, 5.74) is 0.180. The lowest BCUT2D eigenvalue weighted by Gasteiger charge is -2.36. The van der Waals surface area contributed by atoms with Crippen LogP contribution in [0, 0.1) is 0 Å². The van der Waals surface area contributed by atoms with Crippen molar-refractivity contribution in [3.8, 4) is 0 Å². The molecule has 0 aliphatic carbocycles. The van der Waals surface area contributed by atoms with Gasteiger partial charge in [0.15, 0.2) is 0 Å². The summed E-state index contributed by atoms with van der Waals surface area (Å²) >= 11 is 0. The van der Waals surface area contributed by atoms with E-state index in [2.05, 4.69) is 25.7 Å². The van der Waals surface area contributed by atoms with Crippen molar-refractivity contribution in [1.29, 1.82) is 0 Å². The molecule has 1 N–H and O–H groups in total. The summed E-state index contributed by atoms with van der Waals surface area (Å²) in [4.78, 5) is 12.9. The molecule has 1 rings (SSSR count). The Bertz CT molecular complexity index is 208. The van der Waals surface area contributed by atoms with Crippen LogP contribution in [0.2, 0.25) is 0 Å². The number of carboxylic acid groups (broad SMARTS) is 1. The summed E-state index contributed by atoms with van der Waals surface area (Å²) in [7, 11) is 0. The molecule has 14 heavy (non-hydrogen) atoms. The van der Waals surface area contributed by atoms with Crippen LogP contribution < -0.4 is 0 Å². The summed E-state index contributed by atoms with van der Waals surface area (Å²) in [6, 6.07) is 0.478. The average molecular weight is 199 g/mol. The van der Waals surface area contributed by atoms with Gasteiger partial charge in [0.1, 0.15) is 0 Å². The molecule has 1 heterocycles. The van der Waals surface area contributed by atoms with E-state index in [0.29, 0.717) is 12.5 Å². The molecule has 0 saturated carbocycles. The highest BCUT2D eigenvalue weighted by Crippen LogP contribution is 2.28. The molecule has 1 atom stereocenters. The van der Waals surface area contributed by atoms with Gasteiger partial charge in [-0.05, 0) is 46.6 Å². The molecule has 1 fully saturated rings. The van der Waals surface area contributed by atoms with Crippen molar-refractivity contribution in [1.82, 2.24) is 4.90 Å². The summed E-state index contributed by atoms with van der Waals surface area (Å²) in [5, 5.41) is 8.64. The first kappa shape index (κ1) is 11.5. The highest BCUT2D eigenvalue weighted by Gasteiger charge is 2.32. The van der Waals surface area contributed by atoms with Crippen LogP contribution in [0.3, 0.4) is 0 Å². The van der Waals surface area contributed by atoms with Gasteiger partial charge in [-0.15, -0.1) is 0 Å². The first-order chi connectivity index (χ1) is 6.41. The first-order valence-corrected chi connectivity index (χ1v) is 5.40. The van der Waals surface area contributed by atoms with Gasteiger partial charge in [0.05, 0.1) is 0 Å². The topological polar surface area (TPSA) is 40.5 Å². The Morgan fingerprint density at radius 3 is 2.64 bits per heavy atom. The van der Waals surface area contributed by atoms with Gasteiger partial charge in [0, 0.05) is 18.0 Å². The number of likely N-dealkylation sites (tertiary alicyclic amines) is 1. The van der Waals surface area contributed by atoms with Crippen molar-refractivity contribution < 1.29 is 9.90 Å². The molecule has 1 aliphatic heterocycles. The number of rotatable bonds is 3. The highest BCUT2D eigenvalue weighted by atomic mass is 16.4. The largest absolute Gasteiger partial charge is 0.481 e. The molecule has 0 aromatic carbocycles. The predicted octanol–water partition coefficient (Wildman–Crippen LogP) is 2.11. The van der Waals surface area contributed by atoms with E-state index in [-0.39, 0.29) is 5.54 Å². The summed E-state index contributed by atoms with van der Waals surface area (Å²) in [6.45, 7) is 7.72. The van der Waals surface area contributed by atoms with Gasteiger partial charge < -0.3 is 5.11 Å². The van der Waals surface area contributed by atoms with E-state index < -0.39 is 5.97 Å². The van der Waals surface area contributed by atoms with E-state index in [9.17, 15) is 4.79 Å². The smallest absolute Gasteiger partial charge is 0.303 e. The van der Waals surface area contributed by atoms with E-state index in [4.69, 9.17) is 5.11 Å². The van der Waals surface area contributed by atoms with Crippen LogP contribution >= 0.6 is 0 Å². The molecule has 0 spiro atoms. The zero-order valence-corrected chi connectivity index (χ0v) is 9.42. The van der Waals surface area contributed by atoms with E-state index in [1.54, 1.807) is 0 Å². The van der Waals surface area contributed by atoms with Gasteiger partial charge >= 0.3 is 5.97 Å². The summed E-state index contributed by atoms with van der Waals surface area (Å²) in [6.07, 6.45) is 3.47. The minimum absolute atomic E-state index is 0.180. The van der Waals surface area contributed by atoms with Crippen LogP contribution in [-0.2, 0) is 4.79 Å². The zero-order chi connectivity index (χ0) is 10.8. The lowest BCUT2D eigenvalue weighted by Crippen LogP contribution is -2.44. The normalized spacial score (nSPS) is 24.1.